The molecule has 102 valence electrons. The maximum atomic E-state index is 12.3. The van der Waals surface area contributed by atoms with Gasteiger partial charge in [-0.05, 0) is 37.2 Å². The second-order valence-corrected chi connectivity index (χ2v) is 5.80. The van der Waals surface area contributed by atoms with Crippen LogP contribution < -0.4 is 5.32 Å². The lowest BCUT2D eigenvalue weighted by Gasteiger charge is -2.29. The van der Waals surface area contributed by atoms with Crippen molar-refractivity contribution >= 4 is 5.91 Å². The number of benzene rings is 1. The molecule has 0 radical (unpaired) electrons. The number of nitrogens with zero attached hydrogens (tertiary/aromatic N) is 1. The lowest BCUT2D eigenvalue weighted by atomic mass is 9.85. The van der Waals surface area contributed by atoms with Gasteiger partial charge in [0.2, 0.25) is 5.91 Å². The van der Waals surface area contributed by atoms with Crippen LogP contribution in [-0.2, 0) is 11.2 Å². The van der Waals surface area contributed by atoms with Crippen molar-refractivity contribution in [3.05, 3.63) is 35.9 Å². The highest BCUT2D eigenvalue weighted by Crippen LogP contribution is 2.28. The minimum absolute atomic E-state index is 0.0280. The largest absolute Gasteiger partial charge is 0.328 e. The number of aryl methyl sites for hydroxylation is 1. The normalized spacial score (nSPS) is 23.7. The van der Waals surface area contributed by atoms with Crippen molar-refractivity contribution in [3.8, 4) is 0 Å². The molecule has 1 unspecified atom stereocenters. The monoisotopic (exact) mass is 258 g/mol. The van der Waals surface area contributed by atoms with Gasteiger partial charge in [-0.1, -0.05) is 36.8 Å². The minimum atomic E-state index is 0.0280. The van der Waals surface area contributed by atoms with Gasteiger partial charge >= 0.3 is 0 Å². The zero-order valence-corrected chi connectivity index (χ0v) is 11.3. The molecular formula is C16H22N2O. The fourth-order valence-corrected chi connectivity index (χ4v) is 2.93. The van der Waals surface area contributed by atoms with Gasteiger partial charge in [-0.15, -0.1) is 0 Å². The standard InChI is InChI=1S/C16H22N2O/c19-16-15(10-9-13-5-2-1-3-6-13)17-12-18(16)11-14-7-4-8-14/h1-3,5-6,14-15,17H,4,7-12H2. The molecule has 3 nitrogen and oxygen atoms in total. The summed E-state index contributed by atoms with van der Waals surface area (Å²) in [6.07, 6.45) is 5.83. The molecule has 0 bridgehead atoms. The van der Waals surface area contributed by atoms with E-state index in [0.29, 0.717) is 5.91 Å². The third-order valence-electron chi connectivity index (χ3n) is 4.41. The second-order valence-electron chi connectivity index (χ2n) is 5.80. The van der Waals surface area contributed by atoms with Crippen LogP contribution >= 0.6 is 0 Å². The molecule has 0 spiro atoms. The first kappa shape index (κ1) is 12.7. The van der Waals surface area contributed by atoms with E-state index in [4.69, 9.17) is 0 Å². The topological polar surface area (TPSA) is 32.3 Å². The van der Waals surface area contributed by atoms with E-state index in [-0.39, 0.29) is 6.04 Å². The summed E-state index contributed by atoms with van der Waals surface area (Å²) in [4.78, 5) is 14.3. The quantitative estimate of drug-likeness (QED) is 0.878. The van der Waals surface area contributed by atoms with Crippen molar-refractivity contribution in [2.45, 2.75) is 38.1 Å². The summed E-state index contributed by atoms with van der Waals surface area (Å²) in [6.45, 7) is 1.71. The number of hydrogen-bond donors (Lipinski definition) is 1. The number of carbonyl (C=O) groups excluding carboxylic acids is 1. The predicted molar refractivity (Wildman–Crippen MR) is 75.6 cm³/mol. The smallest absolute Gasteiger partial charge is 0.240 e. The first-order valence-corrected chi connectivity index (χ1v) is 7.39. The van der Waals surface area contributed by atoms with Gasteiger partial charge in [-0.2, -0.15) is 0 Å². The highest BCUT2D eigenvalue weighted by Gasteiger charge is 2.33. The number of amides is 1. The maximum Gasteiger partial charge on any atom is 0.240 e. The average molecular weight is 258 g/mol. The van der Waals surface area contributed by atoms with Crippen LogP contribution in [0.15, 0.2) is 30.3 Å². The first-order valence-electron chi connectivity index (χ1n) is 7.39. The summed E-state index contributed by atoms with van der Waals surface area (Å²) in [7, 11) is 0. The van der Waals surface area contributed by atoms with E-state index in [1.54, 1.807) is 0 Å². The molecule has 1 atom stereocenters. The summed E-state index contributed by atoms with van der Waals surface area (Å²) >= 11 is 0. The van der Waals surface area contributed by atoms with Crippen molar-refractivity contribution < 1.29 is 4.79 Å². The Morgan fingerprint density at radius 3 is 2.68 bits per heavy atom. The zero-order chi connectivity index (χ0) is 13.1. The van der Waals surface area contributed by atoms with Crippen LogP contribution in [0.25, 0.3) is 0 Å². The molecule has 1 amide bonds. The third-order valence-corrected chi connectivity index (χ3v) is 4.41. The molecule has 1 aliphatic heterocycles. The molecule has 1 saturated carbocycles. The second kappa shape index (κ2) is 5.74. The summed E-state index contributed by atoms with van der Waals surface area (Å²) in [5.41, 5.74) is 1.31. The van der Waals surface area contributed by atoms with E-state index in [0.717, 1.165) is 32.0 Å². The Kier molecular flexibility index (Phi) is 3.83. The fraction of sp³-hybridized carbons (Fsp3) is 0.562. The van der Waals surface area contributed by atoms with Crippen molar-refractivity contribution in [1.82, 2.24) is 10.2 Å². The van der Waals surface area contributed by atoms with Crippen LogP contribution in [0, 0.1) is 5.92 Å². The molecule has 2 fully saturated rings. The minimum Gasteiger partial charge on any atom is -0.328 e. The molecule has 1 saturated heterocycles. The van der Waals surface area contributed by atoms with Crippen LogP contribution in [0.5, 0.6) is 0 Å². The van der Waals surface area contributed by atoms with Crippen LogP contribution in [-0.4, -0.2) is 30.1 Å². The lowest BCUT2D eigenvalue weighted by molar-refractivity contribution is -0.129. The Morgan fingerprint density at radius 1 is 1.21 bits per heavy atom. The Labute approximate surface area is 115 Å². The van der Waals surface area contributed by atoms with Crippen molar-refractivity contribution in [2.75, 3.05) is 13.2 Å². The van der Waals surface area contributed by atoms with Crippen molar-refractivity contribution in [2.24, 2.45) is 5.92 Å². The van der Waals surface area contributed by atoms with E-state index >= 15 is 0 Å². The Bertz CT molecular complexity index is 428. The molecule has 1 N–H and O–H groups in total. The van der Waals surface area contributed by atoms with Gasteiger partial charge in [0.25, 0.3) is 0 Å². The molecule has 3 rings (SSSR count). The summed E-state index contributed by atoms with van der Waals surface area (Å²) in [5, 5.41) is 3.36. The lowest BCUT2D eigenvalue weighted by Crippen LogP contribution is -2.36. The molecule has 3 heteroatoms. The number of rotatable bonds is 5. The SMILES string of the molecule is O=C1C(CCc2ccccc2)NCN1CC1CCC1. The van der Waals surface area contributed by atoms with E-state index in [9.17, 15) is 4.79 Å². The van der Waals surface area contributed by atoms with Gasteiger partial charge in [0.1, 0.15) is 0 Å². The molecule has 2 aliphatic rings. The number of hydrogen-bond acceptors (Lipinski definition) is 2. The molecule has 1 aromatic rings. The van der Waals surface area contributed by atoms with Crippen LogP contribution in [0.4, 0.5) is 0 Å². The van der Waals surface area contributed by atoms with Crippen LogP contribution in [0.2, 0.25) is 0 Å². The van der Waals surface area contributed by atoms with E-state index in [1.807, 2.05) is 11.0 Å². The first-order chi connectivity index (χ1) is 9.33. The Balaban J connectivity index is 1.48. The van der Waals surface area contributed by atoms with Gasteiger partial charge in [0, 0.05) is 6.54 Å². The highest BCUT2D eigenvalue weighted by molar-refractivity contribution is 5.83. The Morgan fingerprint density at radius 2 is 2.00 bits per heavy atom. The van der Waals surface area contributed by atoms with Crippen molar-refractivity contribution in [1.29, 1.82) is 0 Å². The van der Waals surface area contributed by atoms with Gasteiger partial charge in [0.05, 0.1) is 12.7 Å². The maximum absolute atomic E-state index is 12.3. The fourth-order valence-electron chi connectivity index (χ4n) is 2.93. The molecule has 19 heavy (non-hydrogen) atoms. The van der Waals surface area contributed by atoms with Crippen LogP contribution in [0.1, 0.15) is 31.2 Å². The van der Waals surface area contributed by atoms with Crippen LogP contribution in [0.3, 0.4) is 0 Å². The Hall–Kier alpha value is -1.35. The van der Waals surface area contributed by atoms with E-state index in [1.165, 1.54) is 24.8 Å². The molecule has 1 aliphatic carbocycles. The molecule has 1 heterocycles. The van der Waals surface area contributed by atoms with Gasteiger partial charge < -0.3 is 4.90 Å². The molecular weight excluding hydrogens is 236 g/mol. The zero-order valence-electron chi connectivity index (χ0n) is 11.3. The van der Waals surface area contributed by atoms with Crippen molar-refractivity contribution in [3.63, 3.8) is 0 Å². The molecule has 0 aromatic heterocycles. The molecule has 1 aromatic carbocycles. The summed E-state index contributed by atoms with van der Waals surface area (Å²) < 4.78 is 0. The summed E-state index contributed by atoms with van der Waals surface area (Å²) in [6, 6.07) is 10.4. The van der Waals surface area contributed by atoms with E-state index < -0.39 is 0 Å². The number of carbonyl (C=O) groups is 1. The predicted octanol–water partition coefficient (Wildman–Crippen LogP) is 2.18. The van der Waals surface area contributed by atoms with Gasteiger partial charge in [0.15, 0.2) is 0 Å². The number of nitrogens with one attached hydrogen (secondary N) is 1. The van der Waals surface area contributed by atoms with Gasteiger partial charge in [-0.25, -0.2) is 0 Å². The highest BCUT2D eigenvalue weighted by atomic mass is 16.2. The third kappa shape index (κ3) is 2.98. The average Bonchev–Trinajstić information content (AvgIpc) is 2.74. The van der Waals surface area contributed by atoms with Gasteiger partial charge in [-0.3, -0.25) is 10.1 Å². The van der Waals surface area contributed by atoms with E-state index in [2.05, 4.69) is 29.6 Å². The summed E-state index contributed by atoms with van der Waals surface area (Å²) in [5.74, 6) is 1.07.